The van der Waals surface area contributed by atoms with Crippen LogP contribution in [0.4, 0.5) is 0 Å². The molecular formula is C6H15N5O2S. The first-order chi connectivity index (χ1) is 6.41. The van der Waals surface area contributed by atoms with E-state index in [0.29, 0.717) is 0 Å². The maximum atomic E-state index is 11.4. The van der Waals surface area contributed by atoms with E-state index in [-0.39, 0.29) is 19.1 Å². The number of hydrogen-bond donors (Lipinski definition) is 1. The minimum Gasteiger partial charge on any atom is -0.202 e. The highest BCUT2D eigenvalue weighted by Gasteiger charge is 2.18. The Bertz CT molecular complexity index is 306. The Morgan fingerprint density at radius 1 is 1.57 bits per heavy atom. The Labute approximate surface area is 83.9 Å². The van der Waals surface area contributed by atoms with Gasteiger partial charge < -0.3 is 0 Å². The largest absolute Gasteiger partial charge is 0.279 e. The fraction of sp³-hybridized carbons (Fsp3) is 1.00. The molecule has 0 aromatic carbocycles. The van der Waals surface area contributed by atoms with Crippen LogP contribution in [0.25, 0.3) is 10.4 Å². The Morgan fingerprint density at radius 2 is 2.14 bits per heavy atom. The third kappa shape index (κ3) is 4.43. The van der Waals surface area contributed by atoms with Crippen molar-refractivity contribution in [2.45, 2.75) is 19.9 Å². The van der Waals surface area contributed by atoms with Crippen LogP contribution in [0.1, 0.15) is 13.8 Å². The quantitative estimate of drug-likeness (QED) is 0.305. The lowest BCUT2D eigenvalue weighted by molar-refractivity contribution is 0.403. The van der Waals surface area contributed by atoms with Crippen molar-refractivity contribution in [3.8, 4) is 0 Å². The highest BCUT2D eigenvalue weighted by atomic mass is 32.2. The van der Waals surface area contributed by atoms with Gasteiger partial charge in [0.25, 0.3) is 10.2 Å². The van der Waals surface area contributed by atoms with E-state index >= 15 is 0 Å². The van der Waals surface area contributed by atoms with Crippen molar-refractivity contribution in [2.24, 2.45) is 5.11 Å². The van der Waals surface area contributed by atoms with E-state index in [1.54, 1.807) is 13.8 Å². The van der Waals surface area contributed by atoms with Gasteiger partial charge in [-0.2, -0.15) is 12.7 Å². The molecule has 0 saturated heterocycles. The predicted molar refractivity (Wildman–Crippen MR) is 53.8 cm³/mol. The fourth-order valence-electron chi connectivity index (χ4n) is 0.649. The maximum absolute atomic E-state index is 11.4. The molecule has 0 aromatic heterocycles. The molecule has 82 valence electrons. The minimum absolute atomic E-state index is 0.105. The standard InChI is InChI=1S/C6H15N5O2S/c1-6(2)11(3)14(12,13)9-5-4-8-10-7/h6,9H,4-5H2,1-3H3. The van der Waals surface area contributed by atoms with Crippen molar-refractivity contribution >= 4 is 10.2 Å². The van der Waals surface area contributed by atoms with Crippen molar-refractivity contribution in [2.75, 3.05) is 20.1 Å². The third-order valence-corrected chi connectivity index (χ3v) is 3.41. The summed E-state index contributed by atoms with van der Waals surface area (Å²) >= 11 is 0. The molecule has 0 spiro atoms. The molecule has 7 nitrogen and oxygen atoms in total. The van der Waals surface area contributed by atoms with Crippen LogP contribution in [0.3, 0.4) is 0 Å². The molecule has 0 unspecified atom stereocenters. The van der Waals surface area contributed by atoms with Crippen LogP contribution < -0.4 is 4.72 Å². The lowest BCUT2D eigenvalue weighted by Gasteiger charge is -2.20. The molecule has 0 fully saturated rings. The first-order valence-corrected chi connectivity index (χ1v) is 5.59. The monoisotopic (exact) mass is 221 g/mol. The summed E-state index contributed by atoms with van der Waals surface area (Å²) in [5.41, 5.74) is 7.96. The number of hydrogen-bond acceptors (Lipinski definition) is 3. The summed E-state index contributed by atoms with van der Waals surface area (Å²) in [7, 11) is -1.95. The zero-order valence-electron chi connectivity index (χ0n) is 8.51. The SMILES string of the molecule is CC(C)N(C)S(=O)(=O)NCCN=[N+]=[N-]. The molecule has 0 bridgehead atoms. The van der Waals surface area contributed by atoms with Gasteiger partial charge in [-0.15, -0.1) is 0 Å². The smallest absolute Gasteiger partial charge is 0.202 e. The van der Waals surface area contributed by atoms with Gasteiger partial charge in [0.2, 0.25) is 0 Å². The molecule has 0 radical (unpaired) electrons. The molecule has 0 aliphatic heterocycles. The number of nitrogens with one attached hydrogen (secondary N) is 1. The highest BCUT2D eigenvalue weighted by Crippen LogP contribution is 1.99. The van der Waals surface area contributed by atoms with Gasteiger partial charge in [-0.3, -0.25) is 0 Å². The normalized spacial score (nSPS) is 11.8. The summed E-state index contributed by atoms with van der Waals surface area (Å²) < 4.78 is 26.3. The van der Waals surface area contributed by atoms with E-state index in [1.165, 1.54) is 11.4 Å². The summed E-state index contributed by atoms with van der Waals surface area (Å²) in [5.74, 6) is 0. The highest BCUT2D eigenvalue weighted by molar-refractivity contribution is 7.87. The topological polar surface area (TPSA) is 98.2 Å². The van der Waals surface area contributed by atoms with Crippen LogP contribution in [-0.2, 0) is 10.2 Å². The zero-order valence-corrected chi connectivity index (χ0v) is 9.32. The average molecular weight is 221 g/mol. The van der Waals surface area contributed by atoms with E-state index in [1.807, 2.05) is 0 Å². The van der Waals surface area contributed by atoms with Gasteiger partial charge in [0, 0.05) is 31.1 Å². The molecule has 0 aromatic rings. The Morgan fingerprint density at radius 3 is 2.57 bits per heavy atom. The van der Waals surface area contributed by atoms with Crippen molar-refractivity contribution in [1.29, 1.82) is 0 Å². The molecule has 0 aliphatic rings. The van der Waals surface area contributed by atoms with Crippen molar-refractivity contribution in [3.05, 3.63) is 10.4 Å². The summed E-state index contributed by atoms with van der Waals surface area (Å²) in [5, 5.41) is 3.21. The average Bonchev–Trinajstić information content (AvgIpc) is 2.11. The number of azide groups is 1. The molecule has 1 N–H and O–H groups in total. The Balaban J connectivity index is 4.15. The first kappa shape index (κ1) is 13.2. The molecule has 0 saturated carbocycles. The first-order valence-electron chi connectivity index (χ1n) is 4.15. The van der Waals surface area contributed by atoms with Gasteiger partial charge in [0.15, 0.2) is 0 Å². The lowest BCUT2D eigenvalue weighted by Crippen LogP contribution is -2.42. The summed E-state index contributed by atoms with van der Waals surface area (Å²) in [6, 6.07) is -0.105. The van der Waals surface area contributed by atoms with Crippen molar-refractivity contribution in [3.63, 3.8) is 0 Å². The zero-order chi connectivity index (χ0) is 11.2. The summed E-state index contributed by atoms with van der Waals surface area (Å²) in [6.45, 7) is 3.77. The van der Waals surface area contributed by atoms with Crippen LogP contribution in [0.2, 0.25) is 0 Å². The molecular weight excluding hydrogens is 206 g/mol. The Kier molecular flexibility index (Phi) is 5.47. The molecule has 0 amide bonds. The molecule has 0 rings (SSSR count). The molecule has 0 heterocycles. The second kappa shape index (κ2) is 5.82. The van der Waals surface area contributed by atoms with E-state index in [2.05, 4.69) is 14.7 Å². The number of rotatable bonds is 6. The molecule has 8 heteroatoms. The molecule has 0 aliphatic carbocycles. The minimum atomic E-state index is -3.44. The Hall–Kier alpha value is -0.820. The van der Waals surface area contributed by atoms with Crippen LogP contribution in [0.5, 0.6) is 0 Å². The van der Waals surface area contributed by atoms with Gasteiger partial charge in [-0.1, -0.05) is 5.11 Å². The van der Waals surface area contributed by atoms with E-state index < -0.39 is 10.2 Å². The molecule has 14 heavy (non-hydrogen) atoms. The lowest BCUT2D eigenvalue weighted by atomic mass is 10.4. The summed E-state index contributed by atoms with van der Waals surface area (Å²) in [4.78, 5) is 2.51. The van der Waals surface area contributed by atoms with Crippen LogP contribution >= 0.6 is 0 Å². The van der Waals surface area contributed by atoms with Crippen LogP contribution in [-0.4, -0.2) is 38.9 Å². The third-order valence-electron chi connectivity index (χ3n) is 1.67. The van der Waals surface area contributed by atoms with Gasteiger partial charge in [-0.05, 0) is 19.4 Å². The van der Waals surface area contributed by atoms with Crippen molar-refractivity contribution < 1.29 is 8.42 Å². The van der Waals surface area contributed by atoms with E-state index in [9.17, 15) is 8.42 Å². The van der Waals surface area contributed by atoms with Crippen molar-refractivity contribution in [1.82, 2.24) is 9.03 Å². The predicted octanol–water partition coefficient (Wildman–Crippen LogP) is 0.471. The van der Waals surface area contributed by atoms with Gasteiger partial charge in [0.1, 0.15) is 0 Å². The van der Waals surface area contributed by atoms with E-state index in [0.717, 1.165) is 0 Å². The summed E-state index contributed by atoms with van der Waals surface area (Å²) in [6.07, 6.45) is 0. The van der Waals surface area contributed by atoms with Gasteiger partial charge in [0.05, 0.1) is 0 Å². The van der Waals surface area contributed by atoms with Crippen LogP contribution in [0.15, 0.2) is 5.11 Å². The number of nitrogens with zero attached hydrogens (tertiary/aromatic N) is 4. The second-order valence-corrected chi connectivity index (χ2v) is 4.78. The molecule has 0 atom stereocenters. The maximum Gasteiger partial charge on any atom is 0.279 e. The second-order valence-electron chi connectivity index (χ2n) is 2.96. The van der Waals surface area contributed by atoms with Gasteiger partial charge in [-0.25, -0.2) is 4.72 Å². The van der Waals surface area contributed by atoms with Crippen LogP contribution in [0, 0.1) is 0 Å². The van der Waals surface area contributed by atoms with E-state index in [4.69, 9.17) is 5.53 Å². The van der Waals surface area contributed by atoms with Gasteiger partial charge >= 0.3 is 0 Å². The fourth-order valence-corrected chi connectivity index (χ4v) is 1.76.